The molecule has 2 N–H and O–H groups in total. The number of carbonyl (C=O) groups excluding carboxylic acids is 3. The van der Waals surface area contributed by atoms with Crippen molar-refractivity contribution in [2.45, 2.75) is 26.3 Å². The molecule has 3 amide bonds. The molecule has 134 valence electrons. The van der Waals surface area contributed by atoms with Gasteiger partial charge in [-0.15, -0.1) is 0 Å². The molecule has 3 rings (SSSR count). The average Bonchev–Trinajstić information content (AvgIpc) is 2.87. The van der Waals surface area contributed by atoms with Gasteiger partial charge in [-0.25, -0.2) is 10.3 Å². The maximum absolute atomic E-state index is 12.6. The summed E-state index contributed by atoms with van der Waals surface area (Å²) >= 11 is 5.87. The van der Waals surface area contributed by atoms with Crippen LogP contribution in [0.5, 0.6) is 0 Å². The molecule has 0 bridgehead atoms. The van der Waals surface area contributed by atoms with Gasteiger partial charge in [-0.05, 0) is 43.7 Å². The normalized spacial score (nSPS) is 16.9. The molecule has 0 aromatic heterocycles. The van der Waals surface area contributed by atoms with E-state index in [1.54, 1.807) is 24.3 Å². The smallest absolute Gasteiger partial charge is 0.265 e. The van der Waals surface area contributed by atoms with Gasteiger partial charge in [0.1, 0.15) is 6.04 Å². The fraction of sp³-hybridized carbons (Fsp3) is 0.211. The molecule has 7 heteroatoms. The molecular formula is C19H18ClN3O3. The summed E-state index contributed by atoms with van der Waals surface area (Å²) in [5.41, 5.74) is 7.94. The minimum absolute atomic E-state index is 0.0258. The van der Waals surface area contributed by atoms with Crippen molar-refractivity contribution in [3.8, 4) is 0 Å². The van der Waals surface area contributed by atoms with Gasteiger partial charge in [0, 0.05) is 10.6 Å². The minimum Gasteiger partial charge on any atom is -0.287 e. The lowest BCUT2D eigenvalue weighted by Gasteiger charge is -2.18. The highest BCUT2D eigenvalue weighted by Crippen LogP contribution is 2.26. The van der Waals surface area contributed by atoms with Crippen LogP contribution in [0.4, 0.5) is 5.69 Å². The van der Waals surface area contributed by atoms with Crippen molar-refractivity contribution in [2.24, 2.45) is 0 Å². The van der Waals surface area contributed by atoms with E-state index in [4.69, 9.17) is 11.6 Å². The van der Waals surface area contributed by atoms with Gasteiger partial charge in [0.25, 0.3) is 11.8 Å². The van der Waals surface area contributed by atoms with Gasteiger partial charge in [0.2, 0.25) is 5.91 Å². The van der Waals surface area contributed by atoms with Crippen LogP contribution >= 0.6 is 11.6 Å². The van der Waals surface area contributed by atoms with E-state index in [9.17, 15) is 14.4 Å². The first-order chi connectivity index (χ1) is 12.4. The second-order valence-electron chi connectivity index (χ2n) is 6.22. The number of hydrogen-bond acceptors (Lipinski definition) is 4. The fourth-order valence-corrected chi connectivity index (χ4v) is 3.10. The average molecular weight is 372 g/mol. The first kappa shape index (κ1) is 18.1. The van der Waals surface area contributed by atoms with E-state index in [1.807, 2.05) is 26.0 Å². The van der Waals surface area contributed by atoms with Gasteiger partial charge in [-0.2, -0.15) is 0 Å². The standard InChI is InChI=1S/C19H18ClN3O3/c1-11-6-7-16(12(2)8-11)23-17(24)10-15(19(23)26)21-22-18(25)13-4-3-5-14(20)9-13/h3-9,15,21H,10H2,1-2H3,(H,22,25)/t15-/m0/s1. The molecule has 1 fully saturated rings. The van der Waals surface area contributed by atoms with Crippen LogP contribution in [-0.2, 0) is 9.59 Å². The molecule has 1 heterocycles. The third kappa shape index (κ3) is 3.61. The molecule has 1 saturated heterocycles. The van der Waals surface area contributed by atoms with Crippen molar-refractivity contribution in [2.75, 3.05) is 4.90 Å². The predicted octanol–water partition coefficient (Wildman–Crippen LogP) is 2.52. The number of amides is 3. The van der Waals surface area contributed by atoms with Crippen LogP contribution < -0.4 is 15.8 Å². The Kier molecular flexibility index (Phi) is 5.06. The Morgan fingerprint density at radius 3 is 2.62 bits per heavy atom. The topological polar surface area (TPSA) is 78.5 Å². The Hall–Kier alpha value is -2.70. The highest BCUT2D eigenvalue weighted by Gasteiger charge is 2.40. The van der Waals surface area contributed by atoms with Crippen molar-refractivity contribution in [1.82, 2.24) is 10.9 Å². The number of benzene rings is 2. The number of carbonyl (C=O) groups is 3. The molecule has 6 nitrogen and oxygen atoms in total. The SMILES string of the molecule is Cc1ccc(N2C(=O)C[C@H](NNC(=O)c3cccc(Cl)c3)C2=O)c(C)c1. The summed E-state index contributed by atoms with van der Waals surface area (Å²) in [4.78, 5) is 38.3. The summed E-state index contributed by atoms with van der Waals surface area (Å²) in [7, 11) is 0. The third-order valence-corrected chi connectivity index (χ3v) is 4.42. The fourth-order valence-electron chi connectivity index (χ4n) is 2.91. The van der Waals surface area contributed by atoms with Crippen LogP contribution in [-0.4, -0.2) is 23.8 Å². The molecule has 1 aliphatic heterocycles. The molecule has 2 aromatic carbocycles. The van der Waals surface area contributed by atoms with E-state index >= 15 is 0 Å². The van der Waals surface area contributed by atoms with Gasteiger partial charge in [0.05, 0.1) is 12.1 Å². The van der Waals surface area contributed by atoms with Crippen LogP contribution in [0.25, 0.3) is 0 Å². The third-order valence-electron chi connectivity index (χ3n) is 4.19. The van der Waals surface area contributed by atoms with E-state index < -0.39 is 17.9 Å². The number of imide groups is 1. The number of nitrogens with zero attached hydrogens (tertiary/aromatic N) is 1. The maximum Gasteiger partial charge on any atom is 0.265 e. The van der Waals surface area contributed by atoms with Gasteiger partial charge >= 0.3 is 0 Å². The zero-order chi connectivity index (χ0) is 18.8. The Morgan fingerprint density at radius 2 is 1.92 bits per heavy atom. The molecule has 1 aliphatic rings. The first-order valence-electron chi connectivity index (χ1n) is 8.12. The van der Waals surface area contributed by atoms with E-state index in [0.29, 0.717) is 16.3 Å². The largest absolute Gasteiger partial charge is 0.287 e. The molecule has 0 spiro atoms. The Morgan fingerprint density at radius 1 is 1.15 bits per heavy atom. The number of aryl methyl sites for hydroxylation is 2. The van der Waals surface area contributed by atoms with Crippen molar-refractivity contribution in [3.05, 3.63) is 64.2 Å². The number of anilines is 1. The summed E-state index contributed by atoms with van der Waals surface area (Å²) < 4.78 is 0. The van der Waals surface area contributed by atoms with E-state index in [0.717, 1.165) is 16.0 Å². The molecular weight excluding hydrogens is 354 g/mol. The van der Waals surface area contributed by atoms with E-state index in [1.165, 1.54) is 6.07 Å². The first-order valence-corrected chi connectivity index (χ1v) is 8.50. The van der Waals surface area contributed by atoms with Gasteiger partial charge in [-0.1, -0.05) is 35.4 Å². The Balaban J connectivity index is 1.70. The van der Waals surface area contributed by atoms with Crippen LogP contribution in [0.15, 0.2) is 42.5 Å². The number of hydrogen-bond donors (Lipinski definition) is 2. The highest BCUT2D eigenvalue weighted by molar-refractivity contribution is 6.31. The molecule has 26 heavy (non-hydrogen) atoms. The van der Waals surface area contributed by atoms with Gasteiger partial charge in [-0.3, -0.25) is 19.8 Å². The summed E-state index contributed by atoms with van der Waals surface area (Å²) in [6.45, 7) is 3.80. The van der Waals surface area contributed by atoms with Crippen LogP contribution in [0.2, 0.25) is 5.02 Å². The summed E-state index contributed by atoms with van der Waals surface area (Å²) in [6, 6.07) is 11.1. The minimum atomic E-state index is -0.814. The number of rotatable bonds is 4. The van der Waals surface area contributed by atoms with Gasteiger partial charge in [0.15, 0.2) is 0 Å². The Bertz CT molecular complexity index is 897. The number of hydrazine groups is 1. The van der Waals surface area contributed by atoms with Crippen LogP contribution in [0.1, 0.15) is 27.9 Å². The van der Waals surface area contributed by atoms with Crippen molar-refractivity contribution in [3.63, 3.8) is 0 Å². The van der Waals surface area contributed by atoms with Crippen molar-refractivity contribution < 1.29 is 14.4 Å². The number of halogens is 1. The van der Waals surface area contributed by atoms with Gasteiger partial charge < -0.3 is 0 Å². The highest BCUT2D eigenvalue weighted by atomic mass is 35.5. The molecule has 0 aliphatic carbocycles. The summed E-state index contributed by atoms with van der Waals surface area (Å²) in [6.07, 6.45) is -0.0258. The van der Waals surface area contributed by atoms with E-state index in [-0.39, 0.29) is 12.3 Å². The molecule has 0 radical (unpaired) electrons. The molecule has 1 atom stereocenters. The van der Waals surface area contributed by atoms with Crippen molar-refractivity contribution >= 4 is 35.0 Å². The molecule has 2 aromatic rings. The molecule has 0 unspecified atom stereocenters. The van der Waals surface area contributed by atoms with Crippen LogP contribution in [0, 0.1) is 13.8 Å². The monoisotopic (exact) mass is 371 g/mol. The second-order valence-corrected chi connectivity index (χ2v) is 6.66. The van der Waals surface area contributed by atoms with Crippen LogP contribution in [0.3, 0.4) is 0 Å². The lowest BCUT2D eigenvalue weighted by Crippen LogP contribution is -2.48. The summed E-state index contributed by atoms with van der Waals surface area (Å²) in [5.74, 6) is -1.14. The Labute approximate surface area is 156 Å². The lowest BCUT2D eigenvalue weighted by molar-refractivity contribution is -0.121. The lowest BCUT2D eigenvalue weighted by atomic mass is 10.1. The quantitative estimate of drug-likeness (QED) is 0.639. The summed E-state index contributed by atoms with van der Waals surface area (Å²) in [5, 5.41) is 0.436. The second kappa shape index (κ2) is 7.27. The predicted molar refractivity (Wildman–Crippen MR) is 98.9 cm³/mol. The number of nitrogens with one attached hydrogen (secondary N) is 2. The zero-order valence-electron chi connectivity index (χ0n) is 14.4. The maximum atomic E-state index is 12.6. The van der Waals surface area contributed by atoms with E-state index in [2.05, 4.69) is 10.9 Å². The zero-order valence-corrected chi connectivity index (χ0v) is 15.1. The van der Waals surface area contributed by atoms with Crippen molar-refractivity contribution in [1.29, 1.82) is 0 Å². The molecule has 0 saturated carbocycles.